The molecule has 161 valence electrons. The van der Waals surface area contributed by atoms with Crippen molar-refractivity contribution in [2.75, 3.05) is 0 Å². The first kappa shape index (κ1) is 25.9. The van der Waals surface area contributed by atoms with E-state index in [-0.39, 0.29) is 44.9 Å². The molecule has 2 unspecified atom stereocenters. The van der Waals surface area contributed by atoms with Gasteiger partial charge in [0.05, 0.1) is 0 Å². The standard InChI is InChI=1S/C20H26N4O5.Y/c1-11(17(21)26)24(5)18(27)16(23-19(28)29-20(2,3)4)8-12-10-22-15-7-6-13(25)9-14(12)15;/h6-7,9-11,16,22,25H,1,5,8H2,2-4H3,(H2,21,26)(H,23,28);/q-2;. The number of carbonyl (C=O) groups is 3. The predicted octanol–water partition coefficient (Wildman–Crippen LogP) is 1.61. The number of amides is 3. The molecule has 2 rings (SSSR count). The molecule has 9 nitrogen and oxygen atoms in total. The molecular weight excluding hydrogens is 465 g/mol. The van der Waals surface area contributed by atoms with Gasteiger partial charge >= 0.3 is 6.09 Å². The number of H-pyrrole nitrogens is 1. The Labute approximate surface area is 200 Å². The Morgan fingerprint density at radius 3 is 2.53 bits per heavy atom. The summed E-state index contributed by atoms with van der Waals surface area (Å²) in [7, 11) is 3.55. The number of nitrogens with two attached hydrogens (primary N) is 1. The molecule has 30 heavy (non-hydrogen) atoms. The number of rotatable bonds is 6. The average molecular weight is 491 g/mol. The van der Waals surface area contributed by atoms with Crippen molar-refractivity contribution in [2.24, 2.45) is 5.73 Å². The van der Waals surface area contributed by atoms with Crippen molar-refractivity contribution in [3.63, 3.8) is 0 Å². The van der Waals surface area contributed by atoms with E-state index in [0.29, 0.717) is 10.9 Å². The van der Waals surface area contributed by atoms with Crippen LogP contribution in [0.15, 0.2) is 24.4 Å². The van der Waals surface area contributed by atoms with Gasteiger partial charge in [-0.15, -0.1) is 0 Å². The first-order chi connectivity index (χ1) is 13.4. The number of nitrogens with zero attached hydrogens (tertiary/aromatic N) is 1. The van der Waals surface area contributed by atoms with Gasteiger partial charge in [0.25, 0.3) is 0 Å². The Bertz CT molecular complexity index is 922. The zero-order valence-electron chi connectivity index (χ0n) is 17.3. The fourth-order valence-corrected chi connectivity index (χ4v) is 2.71. The number of hydrogen-bond donors (Lipinski definition) is 4. The molecule has 0 aliphatic carbocycles. The molecule has 1 aromatic heterocycles. The van der Waals surface area contributed by atoms with Crippen molar-refractivity contribution in [3.05, 3.63) is 43.9 Å². The summed E-state index contributed by atoms with van der Waals surface area (Å²) in [5.74, 6) is -1.43. The second-order valence-electron chi connectivity index (χ2n) is 7.67. The van der Waals surface area contributed by atoms with Crippen LogP contribution in [0, 0.1) is 14.0 Å². The number of phenols is 1. The van der Waals surface area contributed by atoms with Crippen LogP contribution in [0.5, 0.6) is 5.75 Å². The summed E-state index contributed by atoms with van der Waals surface area (Å²) in [6.45, 7) is 8.60. The number of aromatic hydroxyl groups is 1. The Morgan fingerprint density at radius 1 is 1.33 bits per heavy atom. The molecule has 5 N–H and O–H groups in total. The molecular formula is C20H26N4O5Y-2. The molecule has 0 fully saturated rings. The Morgan fingerprint density at radius 2 is 1.97 bits per heavy atom. The number of primary amides is 1. The van der Waals surface area contributed by atoms with E-state index >= 15 is 0 Å². The van der Waals surface area contributed by atoms with Crippen molar-refractivity contribution in [2.45, 2.75) is 44.9 Å². The zero-order chi connectivity index (χ0) is 21.9. The number of fused-ring (bicyclic) bond motifs is 1. The van der Waals surface area contributed by atoms with Crippen LogP contribution in [0.1, 0.15) is 26.3 Å². The van der Waals surface area contributed by atoms with Gasteiger partial charge < -0.3 is 37.7 Å². The van der Waals surface area contributed by atoms with E-state index in [1.807, 2.05) is 0 Å². The van der Waals surface area contributed by atoms with Gasteiger partial charge in [-0.2, -0.15) is 0 Å². The van der Waals surface area contributed by atoms with Gasteiger partial charge in [0.1, 0.15) is 17.4 Å². The van der Waals surface area contributed by atoms with Gasteiger partial charge in [-0.05, 0) is 50.6 Å². The minimum Gasteiger partial charge on any atom is -0.508 e. The quantitative estimate of drug-likeness (QED) is 0.455. The number of carbonyl (C=O) groups excluding carboxylic acids is 3. The van der Waals surface area contributed by atoms with Crippen LogP contribution < -0.4 is 11.1 Å². The number of hydrogen-bond acceptors (Lipinski definition) is 5. The molecule has 1 heterocycles. The van der Waals surface area contributed by atoms with E-state index in [9.17, 15) is 19.5 Å². The Hall–Kier alpha value is -2.13. The maximum atomic E-state index is 12.9. The number of aromatic amines is 1. The van der Waals surface area contributed by atoms with Crippen LogP contribution in [0.2, 0.25) is 0 Å². The van der Waals surface area contributed by atoms with Crippen LogP contribution in [0.3, 0.4) is 0 Å². The van der Waals surface area contributed by atoms with Crippen molar-refractivity contribution in [1.29, 1.82) is 0 Å². The largest absolute Gasteiger partial charge is 0.508 e. The third-order valence-corrected chi connectivity index (χ3v) is 4.15. The molecule has 1 aromatic carbocycles. The fraction of sp³-hybridized carbons (Fsp3) is 0.350. The molecule has 0 saturated carbocycles. The second-order valence-corrected chi connectivity index (χ2v) is 7.67. The summed E-state index contributed by atoms with van der Waals surface area (Å²) in [6, 6.07) is 2.46. The van der Waals surface area contributed by atoms with Crippen LogP contribution in [0.25, 0.3) is 10.9 Å². The minimum absolute atomic E-state index is 0. The minimum atomic E-state index is -1.21. The number of nitrogens with one attached hydrogen (secondary N) is 2. The first-order valence-corrected chi connectivity index (χ1v) is 8.93. The van der Waals surface area contributed by atoms with Gasteiger partial charge in [0, 0.05) is 56.2 Å². The molecule has 2 atom stereocenters. The topological polar surface area (TPSA) is 138 Å². The van der Waals surface area contributed by atoms with Crippen LogP contribution in [-0.4, -0.2) is 50.6 Å². The molecule has 0 aliphatic heterocycles. The van der Waals surface area contributed by atoms with Crippen molar-refractivity contribution >= 4 is 28.8 Å². The van der Waals surface area contributed by atoms with Crippen LogP contribution in [0.4, 0.5) is 4.79 Å². The van der Waals surface area contributed by atoms with E-state index in [1.165, 1.54) is 6.07 Å². The molecule has 2 aromatic rings. The summed E-state index contributed by atoms with van der Waals surface area (Å²) in [6.07, 6.45) is 0.926. The van der Waals surface area contributed by atoms with Gasteiger partial charge in [0.15, 0.2) is 0 Å². The average Bonchev–Trinajstić information content (AvgIpc) is 2.99. The summed E-state index contributed by atoms with van der Waals surface area (Å²) in [4.78, 5) is 40.4. The molecule has 0 aliphatic rings. The molecule has 1 radical (unpaired) electrons. The second kappa shape index (κ2) is 10.3. The number of phenolic OH excluding ortho intramolecular Hbond substituents is 1. The predicted molar refractivity (Wildman–Crippen MR) is 107 cm³/mol. The van der Waals surface area contributed by atoms with Gasteiger partial charge in [-0.1, -0.05) is 0 Å². The normalized spacial score (nSPS) is 13.1. The number of aromatic nitrogens is 1. The number of alkyl carbamates (subject to hydrolysis) is 1. The summed E-state index contributed by atoms with van der Waals surface area (Å²) in [5.41, 5.74) is 5.85. The summed E-state index contributed by atoms with van der Waals surface area (Å²) < 4.78 is 5.24. The number of ether oxygens (including phenoxy) is 1. The molecule has 0 saturated heterocycles. The molecule has 0 spiro atoms. The van der Waals surface area contributed by atoms with Crippen molar-refractivity contribution in [1.82, 2.24) is 15.2 Å². The SMILES string of the molecule is [CH2-]C(C(N)=O)N([CH2-])C(=O)C(Cc1c[nH]c2ccc(O)cc12)NC(=O)OC(C)(C)C.[Y]. The van der Waals surface area contributed by atoms with Crippen LogP contribution in [-0.2, 0) is 53.5 Å². The van der Waals surface area contributed by atoms with Crippen molar-refractivity contribution in [3.8, 4) is 5.75 Å². The van der Waals surface area contributed by atoms with E-state index in [2.05, 4.69) is 24.3 Å². The fourth-order valence-electron chi connectivity index (χ4n) is 2.71. The van der Waals surface area contributed by atoms with Crippen molar-refractivity contribution < 1.29 is 56.9 Å². The van der Waals surface area contributed by atoms with E-state index in [1.54, 1.807) is 39.1 Å². The zero-order valence-corrected chi connectivity index (χ0v) is 20.1. The molecule has 3 amide bonds. The van der Waals surface area contributed by atoms with Gasteiger partial charge in [0.2, 0.25) is 11.8 Å². The Kier molecular flexibility index (Phi) is 8.86. The monoisotopic (exact) mass is 491 g/mol. The van der Waals surface area contributed by atoms with Gasteiger partial charge in [-0.3, -0.25) is 16.6 Å². The third kappa shape index (κ3) is 6.70. The maximum absolute atomic E-state index is 12.9. The van der Waals surface area contributed by atoms with Gasteiger partial charge in [-0.25, -0.2) is 4.79 Å². The van der Waals surface area contributed by atoms with E-state index in [0.717, 1.165) is 10.4 Å². The smallest absolute Gasteiger partial charge is 0.408 e. The van der Waals surface area contributed by atoms with E-state index < -0.39 is 35.6 Å². The molecule has 10 heteroatoms. The third-order valence-electron chi connectivity index (χ3n) is 4.15. The number of benzene rings is 1. The maximum Gasteiger partial charge on any atom is 0.408 e. The Balaban J connectivity index is 0.00000450. The summed E-state index contributed by atoms with van der Waals surface area (Å²) in [5, 5.41) is 13.0. The van der Waals surface area contributed by atoms with Crippen LogP contribution >= 0.6 is 0 Å². The first-order valence-electron chi connectivity index (χ1n) is 8.93. The molecule has 0 bridgehead atoms. The van der Waals surface area contributed by atoms with E-state index in [4.69, 9.17) is 10.5 Å². The summed E-state index contributed by atoms with van der Waals surface area (Å²) >= 11 is 0.